The average molecular weight is 466 g/mol. The van der Waals surface area contributed by atoms with Crippen molar-refractivity contribution in [3.05, 3.63) is 65.2 Å². The molecule has 2 aromatic rings. The first kappa shape index (κ1) is 23.9. The van der Waals surface area contributed by atoms with Gasteiger partial charge in [0.05, 0.1) is 6.54 Å². The summed E-state index contributed by atoms with van der Waals surface area (Å²) >= 11 is 0. The molecular weight excluding hydrogens is 430 g/mol. The molecule has 2 heterocycles. The fourth-order valence-corrected chi connectivity index (χ4v) is 4.59. The summed E-state index contributed by atoms with van der Waals surface area (Å²) in [6.45, 7) is 11.2. The van der Waals surface area contributed by atoms with Crippen molar-refractivity contribution in [2.75, 3.05) is 31.1 Å². The van der Waals surface area contributed by atoms with Crippen molar-refractivity contribution in [2.45, 2.75) is 58.9 Å². The van der Waals surface area contributed by atoms with Crippen LogP contribution in [0.25, 0.3) is 0 Å². The molecule has 1 unspecified atom stereocenters. The summed E-state index contributed by atoms with van der Waals surface area (Å²) < 4.78 is 11.2. The molecule has 0 radical (unpaired) electrons. The van der Waals surface area contributed by atoms with Gasteiger partial charge in [0.25, 0.3) is 0 Å². The predicted molar refractivity (Wildman–Crippen MR) is 132 cm³/mol. The first-order valence-electron chi connectivity index (χ1n) is 12.0. The Balaban J connectivity index is 1.42. The van der Waals surface area contributed by atoms with Crippen LogP contribution in [0.4, 0.5) is 15.3 Å². The van der Waals surface area contributed by atoms with Gasteiger partial charge < -0.3 is 24.2 Å². The van der Waals surface area contributed by atoms with Crippen molar-refractivity contribution in [1.29, 1.82) is 0 Å². The highest BCUT2D eigenvalue weighted by atomic mass is 16.6. The van der Waals surface area contributed by atoms with Crippen LogP contribution in [0.2, 0.25) is 0 Å². The van der Waals surface area contributed by atoms with E-state index in [2.05, 4.69) is 30.0 Å². The van der Waals surface area contributed by atoms with E-state index in [0.29, 0.717) is 26.2 Å². The van der Waals surface area contributed by atoms with Gasteiger partial charge in [0.1, 0.15) is 12.2 Å². The number of hydrogen-bond donors (Lipinski definition) is 0. The fraction of sp³-hybridized carbons (Fsp3) is 0.481. The SMILES string of the molecule is CC1CN(c2cccc3c2CN(C(=O)OCc2ccccc2)CC3)CCN1C(=O)OC(C)(C)C. The van der Waals surface area contributed by atoms with Crippen LogP contribution in [-0.2, 0) is 29.0 Å². The van der Waals surface area contributed by atoms with Crippen molar-refractivity contribution < 1.29 is 19.1 Å². The van der Waals surface area contributed by atoms with Crippen LogP contribution in [-0.4, -0.2) is 59.8 Å². The number of piperazine rings is 1. The summed E-state index contributed by atoms with van der Waals surface area (Å²) in [6, 6.07) is 16.1. The maximum atomic E-state index is 12.8. The van der Waals surface area contributed by atoms with Crippen molar-refractivity contribution in [2.24, 2.45) is 0 Å². The smallest absolute Gasteiger partial charge is 0.410 e. The zero-order chi connectivity index (χ0) is 24.3. The number of hydrogen-bond acceptors (Lipinski definition) is 5. The minimum atomic E-state index is -0.509. The van der Waals surface area contributed by atoms with Gasteiger partial charge in [0.15, 0.2) is 0 Å². The molecule has 0 bridgehead atoms. The standard InChI is InChI=1S/C27H35N3O4/c1-20-17-28(15-16-30(20)26(32)34-27(2,3)4)24-12-8-11-22-13-14-29(18-23(22)24)25(31)33-19-21-9-6-5-7-10-21/h5-12,20H,13-19H2,1-4H3. The summed E-state index contributed by atoms with van der Waals surface area (Å²) in [5, 5.41) is 0. The Morgan fingerprint density at radius 2 is 1.74 bits per heavy atom. The first-order chi connectivity index (χ1) is 16.2. The van der Waals surface area contributed by atoms with E-state index in [-0.39, 0.29) is 24.8 Å². The summed E-state index contributed by atoms with van der Waals surface area (Å²) in [5.74, 6) is 0. The number of carbonyl (C=O) groups excluding carboxylic acids is 2. The van der Waals surface area contributed by atoms with Crippen LogP contribution in [0.5, 0.6) is 0 Å². The number of ether oxygens (including phenoxy) is 2. The number of fused-ring (bicyclic) bond motifs is 1. The van der Waals surface area contributed by atoms with E-state index in [1.54, 1.807) is 4.90 Å². The monoisotopic (exact) mass is 465 g/mol. The maximum Gasteiger partial charge on any atom is 0.410 e. The van der Waals surface area contributed by atoms with E-state index in [1.165, 1.54) is 11.1 Å². The second kappa shape index (κ2) is 9.95. The molecule has 2 aliphatic heterocycles. The van der Waals surface area contributed by atoms with E-state index < -0.39 is 5.60 Å². The van der Waals surface area contributed by atoms with Crippen LogP contribution < -0.4 is 4.90 Å². The van der Waals surface area contributed by atoms with Crippen molar-refractivity contribution in [1.82, 2.24) is 9.80 Å². The lowest BCUT2D eigenvalue weighted by Gasteiger charge is -2.42. The van der Waals surface area contributed by atoms with Crippen molar-refractivity contribution in [3.8, 4) is 0 Å². The predicted octanol–water partition coefficient (Wildman–Crippen LogP) is 4.83. The Morgan fingerprint density at radius 1 is 0.971 bits per heavy atom. The normalized spacial score (nSPS) is 18.4. The number of rotatable bonds is 3. The minimum absolute atomic E-state index is 0.0231. The van der Waals surface area contributed by atoms with E-state index in [9.17, 15) is 9.59 Å². The molecule has 34 heavy (non-hydrogen) atoms. The third kappa shape index (κ3) is 5.64. The summed E-state index contributed by atoms with van der Waals surface area (Å²) in [4.78, 5) is 31.3. The molecule has 0 saturated carbocycles. The van der Waals surface area contributed by atoms with Gasteiger partial charge in [-0.05, 0) is 56.9 Å². The van der Waals surface area contributed by atoms with Crippen LogP contribution in [0.15, 0.2) is 48.5 Å². The van der Waals surface area contributed by atoms with E-state index >= 15 is 0 Å². The molecule has 2 aromatic carbocycles. The summed E-state index contributed by atoms with van der Waals surface area (Å²) in [6.07, 6.45) is 0.256. The van der Waals surface area contributed by atoms with Gasteiger partial charge in [-0.1, -0.05) is 42.5 Å². The topological polar surface area (TPSA) is 62.3 Å². The Kier molecular flexibility index (Phi) is 7.00. The average Bonchev–Trinajstić information content (AvgIpc) is 2.81. The molecule has 1 saturated heterocycles. The second-order valence-electron chi connectivity index (χ2n) is 10.1. The Labute approximate surface area is 202 Å². The number of nitrogens with zero attached hydrogens (tertiary/aromatic N) is 3. The highest BCUT2D eigenvalue weighted by Gasteiger charge is 2.33. The minimum Gasteiger partial charge on any atom is -0.445 e. The van der Waals surface area contributed by atoms with E-state index in [4.69, 9.17) is 9.47 Å². The van der Waals surface area contributed by atoms with Crippen LogP contribution >= 0.6 is 0 Å². The number of amides is 2. The molecule has 1 fully saturated rings. The third-order valence-corrected chi connectivity index (χ3v) is 6.31. The van der Waals surface area contributed by atoms with Gasteiger partial charge in [-0.2, -0.15) is 0 Å². The molecule has 2 aliphatic rings. The molecule has 0 N–H and O–H groups in total. The number of benzene rings is 2. The Bertz CT molecular complexity index is 1020. The first-order valence-corrected chi connectivity index (χ1v) is 12.0. The lowest BCUT2D eigenvalue weighted by molar-refractivity contribution is 0.0158. The van der Waals surface area contributed by atoms with E-state index in [0.717, 1.165) is 24.2 Å². The van der Waals surface area contributed by atoms with E-state index in [1.807, 2.05) is 56.0 Å². The molecule has 182 valence electrons. The lowest BCUT2D eigenvalue weighted by Crippen LogP contribution is -2.55. The Morgan fingerprint density at radius 3 is 2.44 bits per heavy atom. The molecule has 0 aromatic heterocycles. The zero-order valence-corrected chi connectivity index (χ0v) is 20.6. The largest absolute Gasteiger partial charge is 0.445 e. The highest BCUT2D eigenvalue weighted by Crippen LogP contribution is 2.31. The van der Waals surface area contributed by atoms with Crippen LogP contribution in [0, 0.1) is 0 Å². The van der Waals surface area contributed by atoms with Crippen LogP contribution in [0.3, 0.4) is 0 Å². The van der Waals surface area contributed by atoms with Gasteiger partial charge >= 0.3 is 12.2 Å². The molecule has 7 heteroatoms. The molecule has 1 atom stereocenters. The number of carbonyl (C=O) groups is 2. The lowest BCUT2D eigenvalue weighted by atomic mass is 9.97. The molecular formula is C27H35N3O4. The summed E-state index contributed by atoms with van der Waals surface area (Å²) in [5.41, 5.74) is 4.04. The second-order valence-corrected chi connectivity index (χ2v) is 10.1. The van der Waals surface area contributed by atoms with Crippen LogP contribution in [0.1, 0.15) is 44.4 Å². The number of anilines is 1. The fourth-order valence-electron chi connectivity index (χ4n) is 4.59. The van der Waals surface area contributed by atoms with Gasteiger partial charge in [-0.15, -0.1) is 0 Å². The highest BCUT2D eigenvalue weighted by molar-refractivity contribution is 5.71. The molecule has 0 spiro atoms. The molecule has 2 amide bonds. The third-order valence-electron chi connectivity index (χ3n) is 6.31. The molecule has 4 rings (SSSR count). The quantitative estimate of drug-likeness (QED) is 0.650. The van der Waals surface area contributed by atoms with Crippen molar-refractivity contribution >= 4 is 17.9 Å². The van der Waals surface area contributed by atoms with Gasteiger partial charge in [0.2, 0.25) is 0 Å². The Hall–Kier alpha value is -3.22. The van der Waals surface area contributed by atoms with Gasteiger partial charge in [-0.25, -0.2) is 9.59 Å². The van der Waals surface area contributed by atoms with Gasteiger partial charge in [0, 0.05) is 37.9 Å². The molecule has 0 aliphatic carbocycles. The zero-order valence-electron chi connectivity index (χ0n) is 20.6. The summed E-state index contributed by atoms with van der Waals surface area (Å²) in [7, 11) is 0. The molecule has 7 nitrogen and oxygen atoms in total. The van der Waals surface area contributed by atoms with Gasteiger partial charge in [-0.3, -0.25) is 0 Å². The maximum absolute atomic E-state index is 12.8. The van der Waals surface area contributed by atoms with Crippen molar-refractivity contribution in [3.63, 3.8) is 0 Å².